The van der Waals surface area contributed by atoms with Crippen molar-refractivity contribution in [2.24, 2.45) is 5.73 Å². The van der Waals surface area contributed by atoms with Crippen LogP contribution < -0.4 is 5.73 Å². The molecule has 2 N–H and O–H groups in total. The maximum absolute atomic E-state index is 12.0. The third kappa shape index (κ3) is 4.26. The molecule has 0 aromatic carbocycles. The normalized spacial score (nSPS) is 18.4. The zero-order valence-corrected chi connectivity index (χ0v) is 7.16. The number of alkyl halides is 2. The second kappa shape index (κ2) is 3.02. The molecule has 11 heavy (non-hydrogen) atoms. The molecule has 1 atom stereocenters. The van der Waals surface area contributed by atoms with Crippen molar-refractivity contribution >= 4 is 9.84 Å². The zero-order valence-electron chi connectivity index (χ0n) is 6.34. The molecule has 0 saturated carbocycles. The minimum atomic E-state index is -3.43. The van der Waals surface area contributed by atoms with Gasteiger partial charge in [0.1, 0.15) is 9.84 Å². The minimum absolute atomic E-state index is 0.697. The van der Waals surface area contributed by atoms with Crippen molar-refractivity contribution in [3.8, 4) is 0 Å². The highest BCUT2D eigenvalue weighted by Crippen LogP contribution is 2.13. The molecule has 0 aromatic heterocycles. The summed E-state index contributed by atoms with van der Waals surface area (Å²) in [6.07, 6.45) is -1.95. The summed E-state index contributed by atoms with van der Waals surface area (Å²) in [6, 6.07) is 0. The van der Waals surface area contributed by atoms with Crippen LogP contribution in [0.25, 0.3) is 0 Å². The summed E-state index contributed by atoms with van der Waals surface area (Å²) in [7, 11) is -3.43. The van der Waals surface area contributed by atoms with Gasteiger partial charge < -0.3 is 5.73 Å². The van der Waals surface area contributed by atoms with E-state index < -0.39 is 27.6 Å². The third-order valence-electron chi connectivity index (χ3n) is 1.07. The summed E-state index contributed by atoms with van der Waals surface area (Å²) in [5.74, 6) is -0.697. The van der Waals surface area contributed by atoms with Gasteiger partial charge in [-0.05, 0) is 6.92 Å². The lowest BCUT2D eigenvalue weighted by Crippen LogP contribution is -2.49. The summed E-state index contributed by atoms with van der Waals surface area (Å²) in [5, 5.41) is 0. The van der Waals surface area contributed by atoms with Gasteiger partial charge in [-0.3, -0.25) is 0 Å². The van der Waals surface area contributed by atoms with Gasteiger partial charge in [0, 0.05) is 6.26 Å². The molecule has 0 fully saturated rings. The van der Waals surface area contributed by atoms with Crippen LogP contribution in [-0.4, -0.2) is 32.4 Å². The van der Waals surface area contributed by atoms with E-state index in [1.807, 2.05) is 0 Å². The molecule has 0 radical (unpaired) electrons. The van der Waals surface area contributed by atoms with Crippen molar-refractivity contribution in [3.05, 3.63) is 0 Å². The summed E-state index contributed by atoms with van der Waals surface area (Å²) < 4.78 is 45.0. The molecule has 0 heterocycles. The maximum atomic E-state index is 12.0. The van der Waals surface area contributed by atoms with Gasteiger partial charge in [0.15, 0.2) is 0 Å². The number of halogens is 2. The van der Waals surface area contributed by atoms with Crippen LogP contribution in [-0.2, 0) is 9.84 Å². The van der Waals surface area contributed by atoms with E-state index in [0.717, 1.165) is 13.2 Å². The molecule has 0 saturated heterocycles. The fourth-order valence-electron chi connectivity index (χ4n) is 0.628. The molecule has 0 rings (SSSR count). The first-order valence-electron chi connectivity index (χ1n) is 2.90. The van der Waals surface area contributed by atoms with Crippen LogP contribution in [0, 0.1) is 0 Å². The van der Waals surface area contributed by atoms with Gasteiger partial charge in [-0.15, -0.1) is 0 Å². The second-order valence-corrected chi connectivity index (χ2v) is 5.02. The van der Waals surface area contributed by atoms with E-state index in [2.05, 4.69) is 0 Å². The molecule has 0 bridgehead atoms. The smallest absolute Gasteiger partial charge is 0.256 e. The molecule has 0 aliphatic rings. The lowest BCUT2D eigenvalue weighted by molar-refractivity contribution is 0.0755. The van der Waals surface area contributed by atoms with Gasteiger partial charge >= 0.3 is 0 Å². The molecule has 0 aromatic rings. The predicted molar refractivity (Wildman–Crippen MR) is 38.3 cm³/mol. The van der Waals surface area contributed by atoms with Crippen molar-refractivity contribution < 1.29 is 17.2 Å². The van der Waals surface area contributed by atoms with Crippen LogP contribution >= 0.6 is 0 Å². The third-order valence-corrected chi connectivity index (χ3v) is 2.22. The Morgan fingerprint density at radius 3 is 2.00 bits per heavy atom. The van der Waals surface area contributed by atoms with Crippen molar-refractivity contribution in [1.29, 1.82) is 0 Å². The highest BCUT2D eigenvalue weighted by Gasteiger charge is 2.33. The van der Waals surface area contributed by atoms with E-state index in [0.29, 0.717) is 0 Å². The average Bonchev–Trinajstić information content (AvgIpc) is 1.56. The molecular weight excluding hydrogens is 176 g/mol. The summed E-state index contributed by atoms with van der Waals surface area (Å²) >= 11 is 0. The van der Waals surface area contributed by atoms with Crippen LogP contribution in [0.5, 0.6) is 0 Å². The molecule has 3 nitrogen and oxygen atoms in total. The number of sulfone groups is 1. The Kier molecular flexibility index (Phi) is 2.96. The van der Waals surface area contributed by atoms with Crippen molar-refractivity contribution in [2.75, 3.05) is 12.0 Å². The van der Waals surface area contributed by atoms with E-state index in [4.69, 9.17) is 5.73 Å². The molecular formula is C5H11F2NO2S. The largest absolute Gasteiger partial charge is 0.320 e. The average molecular weight is 187 g/mol. The SMILES string of the molecule is CC(N)(CS(C)(=O)=O)C(F)F. The van der Waals surface area contributed by atoms with Gasteiger partial charge in [-0.1, -0.05) is 0 Å². The van der Waals surface area contributed by atoms with Gasteiger partial charge in [0.05, 0.1) is 11.3 Å². The van der Waals surface area contributed by atoms with E-state index >= 15 is 0 Å². The van der Waals surface area contributed by atoms with Crippen LogP contribution in [0.1, 0.15) is 6.92 Å². The van der Waals surface area contributed by atoms with Crippen LogP contribution in [0.2, 0.25) is 0 Å². The van der Waals surface area contributed by atoms with E-state index in [-0.39, 0.29) is 0 Å². The first-order chi connectivity index (χ1) is 4.65. The fourth-order valence-corrected chi connectivity index (χ4v) is 1.88. The van der Waals surface area contributed by atoms with Crippen LogP contribution in [0.15, 0.2) is 0 Å². The molecule has 0 amide bonds. The van der Waals surface area contributed by atoms with Gasteiger partial charge in [0.25, 0.3) is 6.43 Å². The molecule has 1 unspecified atom stereocenters. The Morgan fingerprint density at radius 2 is 1.91 bits per heavy atom. The lowest BCUT2D eigenvalue weighted by Gasteiger charge is -2.21. The first kappa shape index (κ1) is 10.8. The number of nitrogens with two attached hydrogens (primary N) is 1. The van der Waals surface area contributed by atoms with E-state index in [9.17, 15) is 17.2 Å². The standard InChI is InChI=1S/C5H11F2NO2S/c1-5(8,4(6)7)3-11(2,9)10/h4H,3,8H2,1-2H3. The van der Waals surface area contributed by atoms with Crippen molar-refractivity contribution in [1.82, 2.24) is 0 Å². The van der Waals surface area contributed by atoms with Crippen molar-refractivity contribution in [3.63, 3.8) is 0 Å². The number of hydrogen-bond donors (Lipinski definition) is 1. The van der Waals surface area contributed by atoms with Crippen LogP contribution in [0.3, 0.4) is 0 Å². The Morgan fingerprint density at radius 1 is 1.55 bits per heavy atom. The molecule has 6 heteroatoms. The quantitative estimate of drug-likeness (QED) is 0.677. The fraction of sp³-hybridized carbons (Fsp3) is 1.00. The van der Waals surface area contributed by atoms with E-state index in [1.54, 1.807) is 0 Å². The Balaban J connectivity index is 4.38. The molecule has 0 aliphatic carbocycles. The molecule has 68 valence electrons. The minimum Gasteiger partial charge on any atom is -0.320 e. The Bertz CT molecular complexity index is 223. The van der Waals surface area contributed by atoms with Crippen molar-refractivity contribution in [2.45, 2.75) is 18.9 Å². The highest BCUT2D eigenvalue weighted by atomic mass is 32.2. The Hall–Kier alpha value is -0.230. The van der Waals surface area contributed by atoms with Gasteiger partial charge in [0.2, 0.25) is 0 Å². The predicted octanol–water partition coefficient (Wildman–Crippen LogP) is 0.0135. The zero-order chi connectivity index (χ0) is 9.28. The van der Waals surface area contributed by atoms with Crippen LogP contribution in [0.4, 0.5) is 8.78 Å². The monoisotopic (exact) mass is 187 g/mol. The summed E-state index contributed by atoms with van der Waals surface area (Å²) in [4.78, 5) is 0. The first-order valence-corrected chi connectivity index (χ1v) is 4.96. The number of rotatable bonds is 3. The topological polar surface area (TPSA) is 60.2 Å². The highest BCUT2D eigenvalue weighted by molar-refractivity contribution is 7.90. The lowest BCUT2D eigenvalue weighted by atomic mass is 10.1. The number of hydrogen-bond acceptors (Lipinski definition) is 3. The summed E-state index contributed by atoms with van der Waals surface area (Å²) in [6.45, 7) is 1.01. The van der Waals surface area contributed by atoms with E-state index in [1.165, 1.54) is 0 Å². The Labute approximate surface area is 64.5 Å². The van der Waals surface area contributed by atoms with Gasteiger partial charge in [-0.25, -0.2) is 17.2 Å². The molecule has 0 spiro atoms. The second-order valence-electron chi connectivity index (χ2n) is 2.88. The summed E-state index contributed by atoms with van der Waals surface area (Å²) in [5.41, 5.74) is 3.08. The molecule has 0 aliphatic heterocycles. The maximum Gasteiger partial charge on any atom is 0.256 e. The van der Waals surface area contributed by atoms with Gasteiger partial charge in [-0.2, -0.15) is 0 Å².